The van der Waals surface area contributed by atoms with Gasteiger partial charge >= 0.3 is 5.69 Å². The number of aromatic nitrogens is 2. The van der Waals surface area contributed by atoms with Crippen molar-refractivity contribution in [1.29, 1.82) is 0 Å². The van der Waals surface area contributed by atoms with Crippen LogP contribution in [-0.4, -0.2) is 60.5 Å². The molecule has 116 valence electrons. The van der Waals surface area contributed by atoms with Crippen LogP contribution in [0.15, 0.2) is 15.8 Å². The largest absolute Gasteiger partial charge is 0.394 e. The van der Waals surface area contributed by atoms with E-state index in [-0.39, 0.29) is 0 Å². The van der Waals surface area contributed by atoms with Gasteiger partial charge in [-0.3, -0.25) is 19.1 Å². The highest BCUT2D eigenvalue weighted by atomic mass is 19.1. The molecule has 2 rings (SSSR count). The summed E-state index contributed by atoms with van der Waals surface area (Å²) in [5.41, 5.74) is -2.29. The van der Waals surface area contributed by atoms with Crippen LogP contribution >= 0.6 is 0 Å². The number of aromatic amines is 1. The SMILES string of the molecule is CC(=O)N1[C@H](CO)[C@@H](O)[C@@H](O)[C@@H]1n1cc(F)c(=O)[nH]c1=O. The lowest BCUT2D eigenvalue weighted by molar-refractivity contribution is -0.136. The summed E-state index contributed by atoms with van der Waals surface area (Å²) in [7, 11) is 0. The van der Waals surface area contributed by atoms with E-state index in [2.05, 4.69) is 0 Å². The van der Waals surface area contributed by atoms with Gasteiger partial charge in [0.2, 0.25) is 11.7 Å². The lowest BCUT2D eigenvalue weighted by Crippen LogP contribution is -2.46. The molecular formula is C11H14FN3O6. The van der Waals surface area contributed by atoms with Crippen LogP contribution in [-0.2, 0) is 4.79 Å². The van der Waals surface area contributed by atoms with Gasteiger partial charge in [-0.25, -0.2) is 4.79 Å². The van der Waals surface area contributed by atoms with Crippen molar-refractivity contribution in [3.8, 4) is 0 Å². The normalized spacial score (nSPS) is 28.9. The zero-order valence-electron chi connectivity index (χ0n) is 10.9. The first kappa shape index (κ1) is 15.4. The summed E-state index contributed by atoms with van der Waals surface area (Å²) in [4.78, 5) is 37.0. The molecule has 1 aromatic rings. The van der Waals surface area contributed by atoms with Gasteiger partial charge in [0.05, 0.1) is 18.8 Å². The molecule has 4 N–H and O–H groups in total. The summed E-state index contributed by atoms with van der Waals surface area (Å²) in [6.45, 7) is 0.447. The maximum absolute atomic E-state index is 13.3. The van der Waals surface area contributed by atoms with Crippen LogP contribution in [0.25, 0.3) is 0 Å². The maximum atomic E-state index is 13.3. The molecule has 1 aliphatic rings. The van der Waals surface area contributed by atoms with Gasteiger partial charge in [-0.1, -0.05) is 0 Å². The molecule has 1 amide bonds. The van der Waals surface area contributed by atoms with E-state index >= 15 is 0 Å². The molecule has 0 aromatic carbocycles. The van der Waals surface area contributed by atoms with Gasteiger partial charge in [-0.05, 0) is 0 Å². The van der Waals surface area contributed by atoms with Crippen LogP contribution in [0.3, 0.4) is 0 Å². The van der Waals surface area contributed by atoms with Crippen molar-refractivity contribution in [3.63, 3.8) is 0 Å². The van der Waals surface area contributed by atoms with Gasteiger partial charge < -0.3 is 20.2 Å². The predicted molar refractivity (Wildman–Crippen MR) is 65.7 cm³/mol. The summed E-state index contributed by atoms with van der Waals surface area (Å²) in [5, 5.41) is 29.0. The van der Waals surface area contributed by atoms with Gasteiger partial charge in [-0.15, -0.1) is 0 Å². The lowest BCUT2D eigenvalue weighted by atomic mass is 10.1. The van der Waals surface area contributed by atoms with Gasteiger partial charge in [0.25, 0.3) is 5.56 Å². The van der Waals surface area contributed by atoms with Gasteiger partial charge in [-0.2, -0.15) is 4.39 Å². The second-order valence-electron chi connectivity index (χ2n) is 4.71. The Morgan fingerprint density at radius 1 is 1.38 bits per heavy atom. The molecule has 1 aromatic heterocycles. The zero-order valence-corrected chi connectivity index (χ0v) is 10.9. The minimum absolute atomic E-state index is 0.539. The number of nitrogens with zero attached hydrogens (tertiary/aromatic N) is 2. The van der Waals surface area contributed by atoms with Crippen LogP contribution in [0.1, 0.15) is 13.1 Å². The van der Waals surface area contributed by atoms with Crippen LogP contribution < -0.4 is 11.2 Å². The van der Waals surface area contributed by atoms with E-state index in [1.165, 1.54) is 0 Å². The monoisotopic (exact) mass is 303 g/mol. The lowest BCUT2D eigenvalue weighted by Gasteiger charge is -2.29. The summed E-state index contributed by atoms with van der Waals surface area (Å²) in [6, 6.07) is -1.15. The fraction of sp³-hybridized carbons (Fsp3) is 0.545. The predicted octanol–water partition coefficient (Wildman–Crippen LogP) is -2.88. The van der Waals surface area contributed by atoms with E-state index < -0.39 is 54.0 Å². The molecule has 9 nitrogen and oxygen atoms in total. The van der Waals surface area contributed by atoms with Crippen molar-refractivity contribution in [3.05, 3.63) is 32.9 Å². The van der Waals surface area contributed by atoms with Crippen LogP contribution in [0, 0.1) is 5.82 Å². The highest BCUT2D eigenvalue weighted by molar-refractivity contribution is 5.74. The highest BCUT2D eigenvalue weighted by Crippen LogP contribution is 2.31. The number of hydrogen-bond donors (Lipinski definition) is 4. The number of halogens is 1. The zero-order chi connectivity index (χ0) is 15.9. The first-order valence-corrected chi connectivity index (χ1v) is 6.06. The number of aliphatic hydroxyl groups is 3. The molecule has 2 heterocycles. The molecule has 0 unspecified atom stereocenters. The number of H-pyrrole nitrogens is 1. The van der Waals surface area contributed by atoms with Crippen LogP contribution in [0.4, 0.5) is 4.39 Å². The van der Waals surface area contributed by atoms with Crippen LogP contribution in [0.2, 0.25) is 0 Å². The van der Waals surface area contributed by atoms with E-state index in [1.54, 1.807) is 4.98 Å². The van der Waals surface area contributed by atoms with Crippen LogP contribution in [0.5, 0.6) is 0 Å². The number of nitrogens with one attached hydrogen (secondary N) is 1. The Balaban J connectivity index is 2.60. The van der Waals surface area contributed by atoms with Gasteiger partial charge in [0.15, 0.2) is 0 Å². The molecule has 1 saturated heterocycles. The fourth-order valence-corrected chi connectivity index (χ4v) is 2.50. The summed E-state index contributed by atoms with van der Waals surface area (Å²) in [6.07, 6.45) is -4.05. The minimum Gasteiger partial charge on any atom is -0.394 e. The van der Waals surface area contributed by atoms with E-state index in [1.807, 2.05) is 0 Å². The fourth-order valence-electron chi connectivity index (χ4n) is 2.50. The Hall–Kier alpha value is -2.04. The third-order valence-electron chi connectivity index (χ3n) is 3.45. The van der Waals surface area contributed by atoms with Crippen molar-refractivity contribution < 1.29 is 24.5 Å². The summed E-state index contributed by atoms with van der Waals surface area (Å²) >= 11 is 0. The smallest absolute Gasteiger partial charge is 0.330 e. The Kier molecular flexibility index (Phi) is 3.94. The van der Waals surface area contributed by atoms with E-state index in [0.717, 1.165) is 11.8 Å². The van der Waals surface area contributed by atoms with Crippen molar-refractivity contribution in [2.45, 2.75) is 31.3 Å². The van der Waals surface area contributed by atoms with E-state index in [0.29, 0.717) is 10.8 Å². The molecule has 0 aliphatic carbocycles. The van der Waals surface area contributed by atoms with Crippen molar-refractivity contribution >= 4 is 5.91 Å². The second kappa shape index (κ2) is 5.39. The Morgan fingerprint density at radius 3 is 2.52 bits per heavy atom. The Morgan fingerprint density at radius 2 is 2.00 bits per heavy atom. The number of aliphatic hydroxyl groups excluding tert-OH is 3. The summed E-state index contributed by atoms with van der Waals surface area (Å²) in [5.74, 6) is -1.93. The second-order valence-corrected chi connectivity index (χ2v) is 4.71. The van der Waals surface area contributed by atoms with Gasteiger partial charge in [0.1, 0.15) is 18.4 Å². The first-order valence-electron chi connectivity index (χ1n) is 6.06. The molecule has 10 heteroatoms. The molecule has 1 aliphatic heterocycles. The highest BCUT2D eigenvalue weighted by Gasteiger charge is 2.50. The number of amides is 1. The quantitative estimate of drug-likeness (QED) is 0.463. The van der Waals surface area contributed by atoms with E-state index in [4.69, 9.17) is 0 Å². The molecule has 0 spiro atoms. The van der Waals surface area contributed by atoms with Crippen molar-refractivity contribution in [2.24, 2.45) is 0 Å². The Labute approximate surface area is 116 Å². The summed E-state index contributed by atoms with van der Waals surface area (Å²) < 4.78 is 13.9. The number of rotatable bonds is 2. The molecule has 21 heavy (non-hydrogen) atoms. The maximum Gasteiger partial charge on any atom is 0.330 e. The number of hydrogen-bond acceptors (Lipinski definition) is 6. The topological polar surface area (TPSA) is 136 Å². The average molecular weight is 303 g/mol. The van der Waals surface area contributed by atoms with Crippen molar-refractivity contribution in [2.75, 3.05) is 6.61 Å². The third-order valence-corrected chi connectivity index (χ3v) is 3.45. The molecule has 4 atom stereocenters. The standard InChI is InChI=1S/C11H14FN3O6/c1-4(17)15-6(3-16)7(18)8(19)10(15)14-2-5(12)9(20)13-11(14)21/h2,6-8,10,16,18-19H,3H2,1H3,(H,13,20,21)/t6-,7-,8-,10-/m1/s1. The van der Waals surface area contributed by atoms with E-state index in [9.17, 15) is 34.1 Å². The molecular weight excluding hydrogens is 289 g/mol. The average Bonchev–Trinajstić information content (AvgIpc) is 2.66. The molecule has 0 bridgehead atoms. The molecule has 0 radical (unpaired) electrons. The molecule has 0 saturated carbocycles. The minimum atomic E-state index is -1.63. The number of likely N-dealkylation sites (tertiary alicyclic amines) is 1. The number of carbonyl (C=O) groups excluding carboxylic acids is 1. The number of carbonyl (C=O) groups is 1. The Bertz CT molecular complexity index is 671. The van der Waals surface area contributed by atoms with Gasteiger partial charge in [0, 0.05) is 6.92 Å². The first-order chi connectivity index (χ1) is 9.79. The third kappa shape index (κ3) is 2.37. The van der Waals surface area contributed by atoms with Crippen molar-refractivity contribution in [1.82, 2.24) is 14.5 Å². The molecule has 1 fully saturated rings.